The van der Waals surface area contributed by atoms with Gasteiger partial charge in [-0.15, -0.1) is 11.3 Å². The van der Waals surface area contributed by atoms with Crippen LogP contribution in [0.4, 0.5) is 5.69 Å². The molecular formula is C13H15ClN2O2S2. The molecule has 0 aliphatic carbocycles. The summed E-state index contributed by atoms with van der Waals surface area (Å²) in [5, 5.41) is 2.16. The Morgan fingerprint density at radius 3 is 2.55 bits per heavy atom. The summed E-state index contributed by atoms with van der Waals surface area (Å²) >= 11 is 7.24. The first kappa shape index (κ1) is 15.3. The van der Waals surface area contributed by atoms with E-state index in [0.29, 0.717) is 10.7 Å². The highest BCUT2D eigenvalue weighted by atomic mass is 35.5. The van der Waals surface area contributed by atoms with Crippen molar-refractivity contribution in [2.24, 2.45) is 0 Å². The molecule has 0 bridgehead atoms. The number of anilines is 1. The molecule has 0 aliphatic rings. The molecule has 0 amide bonds. The van der Waals surface area contributed by atoms with Gasteiger partial charge >= 0.3 is 0 Å². The van der Waals surface area contributed by atoms with Crippen LogP contribution in [-0.4, -0.2) is 19.8 Å². The van der Waals surface area contributed by atoms with E-state index in [2.05, 4.69) is 0 Å². The Bertz CT molecular complexity index is 713. The molecule has 108 valence electrons. The lowest BCUT2D eigenvalue weighted by Crippen LogP contribution is -2.29. The zero-order valence-corrected chi connectivity index (χ0v) is 13.5. The Morgan fingerprint density at radius 1 is 1.35 bits per heavy atom. The van der Waals surface area contributed by atoms with Crippen molar-refractivity contribution in [3.05, 3.63) is 46.3 Å². The fraction of sp³-hybridized carbons (Fsp3) is 0.231. The SMILES string of the molecule is CC(c1ccccc1Cl)N(C)S(=O)(=O)c1cc(N)cs1. The molecule has 1 aromatic heterocycles. The highest BCUT2D eigenvalue weighted by Crippen LogP contribution is 2.32. The van der Waals surface area contributed by atoms with Crippen molar-refractivity contribution in [2.45, 2.75) is 17.2 Å². The van der Waals surface area contributed by atoms with Crippen LogP contribution in [-0.2, 0) is 10.0 Å². The number of sulfonamides is 1. The maximum absolute atomic E-state index is 12.5. The van der Waals surface area contributed by atoms with Crippen molar-refractivity contribution in [1.29, 1.82) is 0 Å². The summed E-state index contributed by atoms with van der Waals surface area (Å²) in [5.74, 6) is 0. The van der Waals surface area contributed by atoms with Gasteiger partial charge in [0.1, 0.15) is 4.21 Å². The average Bonchev–Trinajstić information content (AvgIpc) is 2.85. The first-order valence-electron chi connectivity index (χ1n) is 5.90. The molecule has 2 N–H and O–H groups in total. The van der Waals surface area contributed by atoms with Crippen LogP contribution < -0.4 is 5.73 Å². The summed E-state index contributed by atoms with van der Waals surface area (Å²) in [6.07, 6.45) is 0. The number of hydrogen-bond acceptors (Lipinski definition) is 4. The van der Waals surface area contributed by atoms with E-state index in [1.165, 1.54) is 10.4 Å². The van der Waals surface area contributed by atoms with Gasteiger partial charge in [-0.2, -0.15) is 4.31 Å². The maximum Gasteiger partial charge on any atom is 0.252 e. The zero-order chi connectivity index (χ0) is 14.9. The lowest BCUT2D eigenvalue weighted by atomic mass is 10.1. The van der Waals surface area contributed by atoms with Crippen molar-refractivity contribution in [3.63, 3.8) is 0 Å². The number of benzene rings is 1. The molecule has 1 unspecified atom stereocenters. The van der Waals surface area contributed by atoms with Crippen molar-refractivity contribution >= 4 is 38.6 Å². The Morgan fingerprint density at radius 2 is 2.00 bits per heavy atom. The van der Waals surface area contributed by atoms with Crippen molar-refractivity contribution in [2.75, 3.05) is 12.8 Å². The molecule has 7 heteroatoms. The molecule has 1 aromatic carbocycles. The van der Waals surface area contributed by atoms with Crippen LogP contribution in [0.1, 0.15) is 18.5 Å². The number of nitrogens with zero attached hydrogens (tertiary/aromatic N) is 1. The minimum atomic E-state index is -3.57. The molecule has 0 saturated carbocycles. The molecule has 1 atom stereocenters. The fourth-order valence-corrected chi connectivity index (χ4v) is 4.73. The Balaban J connectivity index is 2.36. The second-order valence-corrected chi connectivity index (χ2v) is 7.96. The number of rotatable bonds is 4. The minimum Gasteiger partial charge on any atom is -0.398 e. The second kappa shape index (κ2) is 5.73. The molecule has 4 nitrogen and oxygen atoms in total. The molecule has 0 radical (unpaired) electrons. The van der Waals surface area contributed by atoms with Gasteiger partial charge < -0.3 is 5.73 Å². The number of halogens is 1. The number of nitrogens with two attached hydrogens (primary N) is 1. The predicted octanol–water partition coefficient (Wildman–Crippen LogP) is 3.37. The second-order valence-electron chi connectivity index (χ2n) is 4.42. The monoisotopic (exact) mass is 330 g/mol. The van der Waals surface area contributed by atoms with Crippen molar-refractivity contribution in [1.82, 2.24) is 4.31 Å². The average molecular weight is 331 g/mol. The van der Waals surface area contributed by atoms with Gasteiger partial charge in [0.25, 0.3) is 10.0 Å². The first-order valence-corrected chi connectivity index (χ1v) is 8.60. The molecule has 1 heterocycles. The standard InChI is InChI=1S/C13H15ClN2O2S2/c1-9(11-5-3-4-6-12(11)14)16(2)20(17,18)13-7-10(15)8-19-13/h3-9H,15H2,1-2H3. The zero-order valence-electron chi connectivity index (χ0n) is 11.1. The van der Waals surface area contributed by atoms with Crippen LogP contribution in [0.15, 0.2) is 39.9 Å². The van der Waals surface area contributed by atoms with Gasteiger partial charge in [0, 0.05) is 29.2 Å². The maximum atomic E-state index is 12.5. The van der Waals surface area contributed by atoms with E-state index < -0.39 is 10.0 Å². The Hall–Kier alpha value is -1.08. The van der Waals surface area contributed by atoms with Gasteiger partial charge in [-0.1, -0.05) is 29.8 Å². The molecule has 0 saturated heterocycles. The van der Waals surface area contributed by atoms with Gasteiger partial charge in [-0.25, -0.2) is 8.42 Å². The van der Waals surface area contributed by atoms with Crippen molar-refractivity contribution < 1.29 is 8.42 Å². The molecule has 2 aromatic rings. The van der Waals surface area contributed by atoms with Crippen LogP contribution >= 0.6 is 22.9 Å². The van der Waals surface area contributed by atoms with Crippen LogP contribution in [0.2, 0.25) is 5.02 Å². The summed E-state index contributed by atoms with van der Waals surface area (Å²) in [4.78, 5) is 0. The van der Waals surface area contributed by atoms with Crippen LogP contribution in [0, 0.1) is 0 Å². The number of nitrogen functional groups attached to an aromatic ring is 1. The van der Waals surface area contributed by atoms with Crippen LogP contribution in [0.5, 0.6) is 0 Å². The predicted molar refractivity (Wildman–Crippen MR) is 83.5 cm³/mol. The smallest absolute Gasteiger partial charge is 0.252 e. The van der Waals surface area contributed by atoms with E-state index in [0.717, 1.165) is 16.9 Å². The molecule has 0 spiro atoms. The third kappa shape index (κ3) is 2.83. The van der Waals surface area contributed by atoms with Gasteiger partial charge in [-0.05, 0) is 24.6 Å². The summed E-state index contributed by atoms with van der Waals surface area (Å²) in [6, 6.07) is 8.32. The number of hydrogen-bond donors (Lipinski definition) is 1. The largest absolute Gasteiger partial charge is 0.398 e. The van der Waals surface area contributed by atoms with Gasteiger partial charge in [-0.3, -0.25) is 0 Å². The van der Waals surface area contributed by atoms with E-state index in [1.54, 1.807) is 25.4 Å². The highest BCUT2D eigenvalue weighted by molar-refractivity contribution is 7.91. The van der Waals surface area contributed by atoms with Crippen LogP contribution in [0.25, 0.3) is 0 Å². The topological polar surface area (TPSA) is 63.4 Å². The van der Waals surface area contributed by atoms with Gasteiger partial charge in [0.05, 0.1) is 0 Å². The normalized spacial score (nSPS) is 13.6. The molecular weight excluding hydrogens is 316 g/mol. The highest BCUT2D eigenvalue weighted by Gasteiger charge is 2.28. The third-order valence-electron chi connectivity index (χ3n) is 3.13. The van der Waals surface area contributed by atoms with E-state index in [4.69, 9.17) is 17.3 Å². The van der Waals surface area contributed by atoms with Gasteiger partial charge in [0.15, 0.2) is 0 Å². The lowest BCUT2D eigenvalue weighted by molar-refractivity contribution is 0.399. The van der Waals surface area contributed by atoms with E-state index in [-0.39, 0.29) is 10.3 Å². The number of thiophene rings is 1. The summed E-state index contributed by atoms with van der Waals surface area (Å²) in [6.45, 7) is 1.80. The third-order valence-corrected chi connectivity index (χ3v) is 6.84. The summed E-state index contributed by atoms with van der Waals surface area (Å²) < 4.78 is 26.6. The minimum absolute atomic E-state index is 0.233. The van der Waals surface area contributed by atoms with E-state index in [9.17, 15) is 8.42 Å². The molecule has 20 heavy (non-hydrogen) atoms. The lowest BCUT2D eigenvalue weighted by Gasteiger charge is -2.24. The molecule has 2 rings (SSSR count). The summed E-state index contributed by atoms with van der Waals surface area (Å²) in [7, 11) is -2.03. The Labute approximate surface area is 127 Å². The van der Waals surface area contributed by atoms with Crippen LogP contribution in [0.3, 0.4) is 0 Å². The molecule has 0 aliphatic heterocycles. The summed E-state index contributed by atoms with van der Waals surface area (Å²) in [5.41, 5.74) is 6.81. The van der Waals surface area contributed by atoms with E-state index >= 15 is 0 Å². The fourth-order valence-electron chi connectivity index (χ4n) is 1.83. The first-order chi connectivity index (χ1) is 9.34. The van der Waals surface area contributed by atoms with Crippen molar-refractivity contribution in [3.8, 4) is 0 Å². The Kier molecular flexibility index (Phi) is 4.39. The molecule has 0 fully saturated rings. The quantitative estimate of drug-likeness (QED) is 0.934. The van der Waals surface area contributed by atoms with Gasteiger partial charge in [0.2, 0.25) is 0 Å². The van der Waals surface area contributed by atoms with E-state index in [1.807, 2.05) is 18.2 Å².